The molecule has 0 atom stereocenters. The lowest BCUT2D eigenvalue weighted by atomic mass is 10.1. The predicted octanol–water partition coefficient (Wildman–Crippen LogP) is 3.96. The van der Waals surface area contributed by atoms with Gasteiger partial charge in [-0.3, -0.25) is 4.79 Å². The maximum absolute atomic E-state index is 12.5. The zero-order chi connectivity index (χ0) is 15.9. The molecule has 3 rings (SSSR count). The molecule has 0 aliphatic heterocycles. The van der Waals surface area contributed by atoms with Gasteiger partial charge in [0.15, 0.2) is 5.78 Å². The van der Waals surface area contributed by atoms with E-state index in [1.54, 1.807) is 0 Å². The van der Waals surface area contributed by atoms with E-state index in [-0.39, 0.29) is 22.6 Å². The lowest BCUT2D eigenvalue weighted by Crippen LogP contribution is -2.10. The first-order chi connectivity index (χ1) is 10.5. The minimum absolute atomic E-state index is 0.0277. The van der Waals surface area contributed by atoms with Gasteiger partial charge < -0.3 is 10.1 Å². The number of Topliss-reactive ketones (excluding diaryl/α,β-unsaturated/α-hetero) is 1. The topological polar surface area (TPSA) is 78.0 Å². The number of aryl methyl sites for hydroxylation is 1. The second-order valence-electron chi connectivity index (χ2n) is 4.73. The van der Waals surface area contributed by atoms with Crippen LogP contribution in [-0.2, 0) is 6.54 Å². The second kappa shape index (κ2) is 5.62. The van der Waals surface area contributed by atoms with Crippen LogP contribution in [0, 0.1) is 17.0 Å². The standard InChI is InChI=1S/C14H10BrN3O3S/c1-8-9-4-2-3-5-12(9)22-13(8)11(19)7-17-6-10(15)14(16-17)18(20)21/h2-6H,7H2,1H3. The van der Waals surface area contributed by atoms with Crippen LogP contribution >= 0.6 is 27.3 Å². The van der Waals surface area contributed by atoms with Gasteiger partial charge in [-0.2, -0.15) is 4.68 Å². The quantitative estimate of drug-likeness (QED) is 0.390. The van der Waals surface area contributed by atoms with Gasteiger partial charge in [0.25, 0.3) is 0 Å². The number of benzene rings is 1. The summed E-state index contributed by atoms with van der Waals surface area (Å²) in [6.07, 6.45) is 1.44. The molecule has 0 unspecified atom stereocenters. The van der Waals surface area contributed by atoms with Crippen molar-refractivity contribution in [1.82, 2.24) is 9.78 Å². The average molecular weight is 380 g/mol. The molecule has 8 heteroatoms. The van der Waals surface area contributed by atoms with E-state index in [1.807, 2.05) is 31.2 Å². The molecule has 0 saturated carbocycles. The van der Waals surface area contributed by atoms with Crippen molar-refractivity contribution < 1.29 is 9.72 Å². The molecule has 0 amide bonds. The third-order valence-corrected chi connectivity index (χ3v) is 5.15. The fraction of sp³-hybridized carbons (Fsp3) is 0.143. The van der Waals surface area contributed by atoms with Crippen LogP contribution in [0.2, 0.25) is 0 Å². The number of nitro groups is 1. The van der Waals surface area contributed by atoms with E-state index >= 15 is 0 Å². The number of hydrogen-bond acceptors (Lipinski definition) is 5. The van der Waals surface area contributed by atoms with Crippen LogP contribution < -0.4 is 0 Å². The SMILES string of the molecule is Cc1c(C(=O)Cn2cc(Br)c([N+](=O)[O-])n2)sc2ccccc12. The molecular weight excluding hydrogens is 370 g/mol. The molecule has 0 aliphatic carbocycles. The Morgan fingerprint density at radius 3 is 2.82 bits per heavy atom. The molecule has 6 nitrogen and oxygen atoms in total. The molecule has 0 N–H and O–H groups in total. The molecule has 0 bridgehead atoms. The van der Waals surface area contributed by atoms with Crippen molar-refractivity contribution in [1.29, 1.82) is 0 Å². The van der Waals surface area contributed by atoms with Gasteiger partial charge in [0.2, 0.25) is 0 Å². The monoisotopic (exact) mass is 379 g/mol. The molecular formula is C14H10BrN3O3S. The minimum atomic E-state index is -0.588. The summed E-state index contributed by atoms with van der Waals surface area (Å²) in [7, 11) is 0. The van der Waals surface area contributed by atoms with Crippen molar-refractivity contribution in [3.63, 3.8) is 0 Å². The lowest BCUT2D eigenvalue weighted by molar-refractivity contribution is -0.390. The Hall–Kier alpha value is -2.06. The number of thiophene rings is 1. The first-order valence-corrected chi connectivity index (χ1v) is 7.97. The van der Waals surface area contributed by atoms with Crippen molar-refractivity contribution in [3.8, 4) is 0 Å². The summed E-state index contributed by atoms with van der Waals surface area (Å²) in [6, 6.07) is 7.82. The van der Waals surface area contributed by atoms with Crippen LogP contribution in [0.15, 0.2) is 34.9 Å². The smallest absolute Gasteiger partial charge is 0.358 e. The summed E-state index contributed by atoms with van der Waals surface area (Å²) in [5, 5.41) is 15.7. The zero-order valence-corrected chi connectivity index (χ0v) is 13.8. The molecule has 22 heavy (non-hydrogen) atoms. The molecule has 2 heterocycles. The van der Waals surface area contributed by atoms with Gasteiger partial charge in [-0.1, -0.05) is 18.2 Å². The fourth-order valence-electron chi connectivity index (χ4n) is 2.25. The van der Waals surface area contributed by atoms with Crippen LogP contribution in [-0.4, -0.2) is 20.5 Å². The zero-order valence-electron chi connectivity index (χ0n) is 11.4. The van der Waals surface area contributed by atoms with E-state index in [1.165, 1.54) is 22.2 Å². The highest BCUT2D eigenvalue weighted by Gasteiger charge is 2.22. The lowest BCUT2D eigenvalue weighted by Gasteiger charge is -1.97. The minimum Gasteiger partial charge on any atom is -0.358 e. The summed E-state index contributed by atoms with van der Waals surface area (Å²) in [6.45, 7) is 1.88. The van der Waals surface area contributed by atoms with E-state index in [2.05, 4.69) is 21.0 Å². The number of carbonyl (C=O) groups excluding carboxylic acids is 1. The van der Waals surface area contributed by atoms with Gasteiger partial charge in [0, 0.05) is 4.70 Å². The molecule has 0 radical (unpaired) electrons. The molecule has 0 fully saturated rings. The number of nitrogens with zero attached hydrogens (tertiary/aromatic N) is 3. The van der Waals surface area contributed by atoms with Crippen LogP contribution in [0.25, 0.3) is 10.1 Å². The highest BCUT2D eigenvalue weighted by Crippen LogP contribution is 2.31. The molecule has 0 spiro atoms. The van der Waals surface area contributed by atoms with Gasteiger partial charge >= 0.3 is 5.82 Å². The van der Waals surface area contributed by atoms with E-state index in [0.717, 1.165) is 15.6 Å². The van der Waals surface area contributed by atoms with Crippen LogP contribution in [0.1, 0.15) is 15.2 Å². The number of ketones is 1. The largest absolute Gasteiger partial charge is 0.404 e. The highest BCUT2D eigenvalue weighted by molar-refractivity contribution is 9.10. The summed E-state index contributed by atoms with van der Waals surface area (Å²) in [5.41, 5.74) is 0.936. The van der Waals surface area contributed by atoms with Crippen LogP contribution in [0.4, 0.5) is 5.82 Å². The third kappa shape index (κ3) is 2.55. The molecule has 2 aromatic heterocycles. The number of fused-ring (bicyclic) bond motifs is 1. The summed E-state index contributed by atoms with van der Waals surface area (Å²) in [5.74, 6) is -0.399. The summed E-state index contributed by atoms with van der Waals surface area (Å²) >= 11 is 4.51. The van der Waals surface area contributed by atoms with Crippen LogP contribution in [0.5, 0.6) is 0 Å². The van der Waals surface area contributed by atoms with Gasteiger partial charge in [-0.05, 0) is 44.8 Å². The molecule has 112 valence electrons. The number of aromatic nitrogens is 2. The molecule has 3 aromatic rings. The first kappa shape index (κ1) is 14.9. The predicted molar refractivity (Wildman–Crippen MR) is 87.5 cm³/mol. The average Bonchev–Trinajstić information content (AvgIpc) is 3.00. The Balaban J connectivity index is 1.92. The number of hydrogen-bond donors (Lipinski definition) is 0. The van der Waals surface area contributed by atoms with Crippen molar-refractivity contribution in [2.75, 3.05) is 0 Å². The Morgan fingerprint density at radius 1 is 1.45 bits per heavy atom. The van der Waals surface area contributed by atoms with Crippen molar-refractivity contribution in [3.05, 3.63) is 55.5 Å². The number of rotatable bonds is 4. The van der Waals surface area contributed by atoms with E-state index in [4.69, 9.17) is 0 Å². The maximum Gasteiger partial charge on any atom is 0.404 e. The van der Waals surface area contributed by atoms with Gasteiger partial charge in [-0.15, -0.1) is 11.3 Å². The Labute approximate surface area is 137 Å². The maximum atomic E-state index is 12.5. The summed E-state index contributed by atoms with van der Waals surface area (Å²) < 4.78 is 2.60. The Bertz CT molecular complexity index is 900. The number of carbonyl (C=O) groups is 1. The van der Waals surface area contributed by atoms with Gasteiger partial charge in [0.1, 0.15) is 11.0 Å². The number of halogens is 1. The summed E-state index contributed by atoms with van der Waals surface area (Å²) in [4.78, 5) is 23.3. The normalized spacial score (nSPS) is 11.0. The molecule has 0 aliphatic rings. The molecule has 0 saturated heterocycles. The third-order valence-electron chi connectivity index (χ3n) is 3.27. The molecule has 1 aromatic carbocycles. The van der Waals surface area contributed by atoms with Crippen LogP contribution in [0.3, 0.4) is 0 Å². The van der Waals surface area contributed by atoms with Gasteiger partial charge in [0.05, 0.1) is 16.2 Å². The fourth-order valence-corrected chi connectivity index (χ4v) is 3.85. The Kier molecular flexibility index (Phi) is 3.79. The van der Waals surface area contributed by atoms with E-state index in [9.17, 15) is 14.9 Å². The second-order valence-corrected chi connectivity index (χ2v) is 6.64. The van der Waals surface area contributed by atoms with Crippen molar-refractivity contribution in [2.24, 2.45) is 0 Å². The van der Waals surface area contributed by atoms with E-state index < -0.39 is 4.92 Å². The highest BCUT2D eigenvalue weighted by atomic mass is 79.9. The first-order valence-electron chi connectivity index (χ1n) is 6.36. The van der Waals surface area contributed by atoms with Crippen molar-refractivity contribution >= 4 is 49.0 Å². The van der Waals surface area contributed by atoms with Gasteiger partial charge in [-0.25, -0.2) is 0 Å². The Morgan fingerprint density at radius 2 is 2.18 bits per heavy atom. The van der Waals surface area contributed by atoms with Crippen molar-refractivity contribution in [2.45, 2.75) is 13.5 Å². The van der Waals surface area contributed by atoms with E-state index in [0.29, 0.717) is 4.88 Å².